The fourth-order valence-corrected chi connectivity index (χ4v) is 2.53. The second-order valence-corrected chi connectivity index (χ2v) is 5.09. The van der Waals surface area contributed by atoms with Crippen LogP contribution in [0.5, 0.6) is 0 Å². The van der Waals surface area contributed by atoms with E-state index in [-0.39, 0.29) is 17.1 Å². The molecular weight excluding hydrogens is 297 g/mol. The largest absolute Gasteiger partial charge is 0.465 e. The van der Waals surface area contributed by atoms with Crippen LogP contribution in [-0.4, -0.2) is 35.2 Å². The molecule has 1 heterocycles. The Morgan fingerprint density at radius 1 is 1.38 bits per heavy atom. The van der Waals surface area contributed by atoms with Gasteiger partial charge >= 0.3 is 5.97 Å². The highest BCUT2D eigenvalue weighted by atomic mass is 32.2. The molecule has 0 spiro atoms. The van der Waals surface area contributed by atoms with Gasteiger partial charge in [-0.2, -0.15) is 0 Å². The summed E-state index contributed by atoms with van der Waals surface area (Å²) in [6.07, 6.45) is 1.30. The van der Waals surface area contributed by atoms with Crippen molar-refractivity contribution in [2.75, 3.05) is 13.2 Å². The lowest BCUT2D eigenvalue weighted by molar-refractivity contribution is -0.145. The number of halogens is 1. The van der Waals surface area contributed by atoms with E-state index in [1.165, 1.54) is 24.3 Å². The monoisotopic (exact) mass is 309 g/mol. The zero-order valence-corrected chi connectivity index (χ0v) is 12.0. The van der Waals surface area contributed by atoms with E-state index < -0.39 is 29.5 Å². The first-order chi connectivity index (χ1) is 10.0. The summed E-state index contributed by atoms with van der Waals surface area (Å²) in [7, 11) is 0. The van der Waals surface area contributed by atoms with E-state index >= 15 is 0 Å². The summed E-state index contributed by atoms with van der Waals surface area (Å²) in [6, 6.07) is 5.90. The van der Waals surface area contributed by atoms with Crippen molar-refractivity contribution >= 4 is 35.0 Å². The van der Waals surface area contributed by atoms with Crippen molar-refractivity contribution in [3.05, 3.63) is 40.6 Å². The fourth-order valence-electron chi connectivity index (χ4n) is 1.71. The van der Waals surface area contributed by atoms with E-state index in [0.717, 1.165) is 4.90 Å². The maximum atomic E-state index is 13.5. The molecule has 1 aliphatic rings. The van der Waals surface area contributed by atoms with Crippen LogP contribution in [0.2, 0.25) is 0 Å². The van der Waals surface area contributed by atoms with Crippen LogP contribution < -0.4 is 0 Å². The minimum absolute atomic E-state index is 0.0781. The molecule has 21 heavy (non-hydrogen) atoms. The zero-order chi connectivity index (χ0) is 15.4. The van der Waals surface area contributed by atoms with Crippen LogP contribution in [0.15, 0.2) is 29.2 Å². The van der Waals surface area contributed by atoms with Crippen LogP contribution >= 0.6 is 11.8 Å². The molecule has 0 unspecified atom stereocenters. The van der Waals surface area contributed by atoms with Gasteiger partial charge in [-0.3, -0.25) is 19.3 Å². The summed E-state index contributed by atoms with van der Waals surface area (Å²) in [5, 5.41) is -0.573. The molecule has 1 aliphatic heterocycles. The summed E-state index contributed by atoms with van der Waals surface area (Å²) in [5.74, 6) is -1.78. The number of benzene rings is 1. The van der Waals surface area contributed by atoms with Crippen molar-refractivity contribution < 1.29 is 23.5 Å². The van der Waals surface area contributed by atoms with Gasteiger partial charge in [0, 0.05) is 5.56 Å². The average Bonchev–Trinajstić information content (AvgIpc) is 2.69. The minimum atomic E-state index is -0.660. The third-order valence-electron chi connectivity index (χ3n) is 2.66. The summed E-state index contributed by atoms with van der Waals surface area (Å²) >= 11 is 0.670. The Bertz CT molecular complexity index is 629. The number of thioether (sulfide) groups is 1. The Morgan fingerprint density at radius 2 is 2.10 bits per heavy atom. The summed E-state index contributed by atoms with van der Waals surface area (Å²) < 4.78 is 18.2. The Balaban J connectivity index is 2.18. The molecule has 2 amide bonds. The van der Waals surface area contributed by atoms with Crippen molar-refractivity contribution in [1.82, 2.24) is 4.90 Å². The smallest absolute Gasteiger partial charge is 0.326 e. The lowest BCUT2D eigenvalue weighted by Gasteiger charge is -2.10. The molecule has 0 aliphatic carbocycles. The SMILES string of the molecule is CCOC(=O)CN1C(=O)S/C(=C/c2ccccc2F)C1=O. The summed E-state index contributed by atoms with van der Waals surface area (Å²) in [6.45, 7) is 1.36. The van der Waals surface area contributed by atoms with Crippen LogP contribution in [0.25, 0.3) is 6.08 Å². The van der Waals surface area contributed by atoms with Crippen molar-refractivity contribution in [3.63, 3.8) is 0 Å². The van der Waals surface area contributed by atoms with Gasteiger partial charge in [-0.1, -0.05) is 18.2 Å². The predicted octanol–water partition coefficient (Wildman–Crippen LogP) is 2.43. The molecule has 0 N–H and O–H groups in total. The van der Waals surface area contributed by atoms with E-state index in [4.69, 9.17) is 4.74 Å². The number of rotatable bonds is 4. The second kappa shape index (κ2) is 6.53. The molecule has 2 rings (SSSR count). The van der Waals surface area contributed by atoms with Crippen molar-refractivity contribution in [3.8, 4) is 0 Å². The molecule has 7 heteroatoms. The van der Waals surface area contributed by atoms with E-state index in [1.807, 2.05) is 0 Å². The lowest BCUT2D eigenvalue weighted by atomic mass is 10.2. The van der Waals surface area contributed by atoms with Gasteiger partial charge in [0.15, 0.2) is 0 Å². The Kier molecular flexibility index (Phi) is 4.74. The Labute approximate surface area is 124 Å². The van der Waals surface area contributed by atoms with Gasteiger partial charge in [-0.05, 0) is 30.8 Å². The molecule has 1 aromatic carbocycles. The average molecular weight is 309 g/mol. The van der Waals surface area contributed by atoms with E-state index in [1.54, 1.807) is 13.0 Å². The Hall–Kier alpha value is -2.15. The third-order valence-corrected chi connectivity index (χ3v) is 3.57. The first-order valence-corrected chi connectivity index (χ1v) is 7.00. The maximum absolute atomic E-state index is 13.5. The lowest BCUT2D eigenvalue weighted by Crippen LogP contribution is -2.34. The molecule has 1 saturated heterocycles. The molecule has 0 aromatic heterocycles. The third kappa shape index (κ3) is 3.49. The standard InChI is InChI=1S/C14H12FNO4S/c1-2-20-12(17)8-16-13(18)11(21-14(16)19)7-9-5-3-4-6-10(9)15/h3-7H,2,8H2,1H3/b11-7+. The first kappa shape index (κ1) is 15.2. The highest BCUT2D eigenvalue weighted by molar-refractivity contribution is 8.18. The van der Waals surface area contributed by atoms with Gasteiger partial charge in [-0.25, -0.2) is 4.39 Å². The highest BCUT2D eigenvalue weighted by Gasteiger charge is 2.36. The van der Waals surface area contributed by atoms with E-state index in [9.17, 15) is 18.8 Å². The van der Waals surface area contributed by atoms with Gasteiger partial charge in [0.2, 0.25) is 0 Å². The van der Waals surface area contributed by atoms with Gasteiger partial charge < -0.3 is 4.74 Å². The molecule has 5 nitrogen and oxygen atoms in total. The summed E-state index contributed by atoms with van der Waals surface area (Å²) in [5.41, 5.74) is 0.208. The number of esters is 1. The highest BCUT2D eigenvalue weighted by Crippen LogP contribution is 2.32. The molecule has 0 bridgehead atoms. The van der Waals surface area contributed by atoms with Crippen LogP contribution in [0, 0.1) is 5.82 Å². The van der Waals surface area contributed by atoms with Crippen LogP contribution in [0.4, 0.5) is 9.18 Å². The molecule has 0 saturated carbocycles. The number of imide groups is 1. The van der Waals surface area contributed by atoms with Gasteiger partial charge in [0.25, 0.3) is 11.1 Å². The fraction of sp³-hybridized carbons (Fsp3) is 0.214. The molecule has 1 aromatic rings. The van der Waals surface area contributed by atoms with Crippen LogP contribution in [0.1, 0.15) is 12.5 Å². The van der Waals surface area contributed by atoms with Gasteiger partial charge in [0.05, 0.1) is 11.5 Å². The molecule has 0 atom stereocenters. The topological polar surface area (TPSA) is 63.7 Å². The van der Waals surface area contributed by atoms with E-state index in [2.05, 4.69) is 0 Å². The number of ether oxygens (including phenoxy) is 1. The van der Waals surface area contributed by atoms with Crippen molar-refractivity contribution in [2.45, 2.75) is 6.92 Å². The zero-order valence-electron chi connectivity index (χ0n) is 11.2. The quantitative estimate of drug-likeness (QED) is 0.631. The van der Waals surface area contributed by atoms with Gasteiger partial charge in [0.1, 0.15) is 12.4 Å². The van der Waals surface area contributed by atoms with Crippen molar-refractivity contribution in [2.24, 2.45) is 0 Å². The number of carbonyl (C=O) groups excluding carboxylic acids is 3. The van der Waals surface area contributed by atoms with Gasteiger partial charge in [-0.15, -0.1) is 0 Å². The maximum Gasteiger partial charge on any atom is 0.326 e. The molecular formula is C14H12FNO4S. The predicted molar refractivity (Wildman–Crippen MR) is 75.7 cm³/mol. The van der Waals surface area contributed by atoms with Crippen molar-refractivity contribution in [1.29, 1.82) is 0 Å². The molecule has 1 fully saturated rings. The second-order valence-electron chi connectivity index (χ2n) is 4.09. The first-order valence-electron chi connectivity index (χ1n) is 6.18. The summed E-state index contributed by atoms with van der Waals surface area (Å²) in [4.78, 5) is 36.0. The number of hydrogen-bond acceptors (Lipinski definition) is 5. The number of amides is 2. The normalized spacial score (nSPS) is 16.7. The van der Waals surface area contributed by atoms with E-state index in [0.29, 0.717) is 11.8 Å². The number of nitrogens with zero attached hydrogens (tertiary/aromatic N) is 1. The number of carbonyl (C=O) groups is 3. The van der Waals surface area contributed by atoms with Crippen LogP contribution in [0.3, 0.4) is 0 Å². The number of hydrogen-bond donors (Lipinski definition) is 0. The molecule has 0 radical (unpaired) electrons. The Morgan fingerprint density at radius 3 is 2.76 bits per heavy atom. The molecule has 110 valence electrons. The minimum Gasteiger partial charge on any atom is -0.465 e. The van der Waals surface area contributed by atoms with Crippen LogP contribution in [-0.2, 0) is 14.3 Å².